The normalized spacial score (nSPS) is 20.5. The summed E-state index contributed by atoms with van der Waals surface area (Å²) in [6, 6.07) is 6.27. The first kappa shape index (κ1) is 14.6. The molecule has 1 fully saturated rings. The Bertz CT molecular complexity index is 405. The van der Waals surface area contributed by atoms with Crippen LogP contribution in [0.2, 0.25) is 5.02 Å². The Morgan fingerprint density at radius 2 is 2.37 bits per heavy atom. The first-order valence-corrected chi connectivity index (χ1v) is 7.30. The Morgan fingerprint density at radius 3 is 3.00 bits per heavy atom. The summed E-state index contributed by atoms with van der Waals surface area (Å²) < 4.78 is 11.0. The number of nitrogens with one attached hydrogen (secondary N) is 1. The molecule has 106 valence electrons. The SMILES string of the molecule is CCNC(CC1CCCO1)c1ccc(Cl)c(OC)c1. The van der Waals surface area contributed by atoms with Crippen molar-refractivity contribution < 1.29 is 9.47 Å². The van der Waals surface area contributed by atoms with Gasteiger partial charge in [-0.25, -0.2) is 0 Å². The molecule has 0 amide bonds. The maximum atomic E-state index is 6.08. The van der Waals surface area contributed by atoms with Crippen molar-refractivity contribution in [2.24, 2.45) is 0 Å². The average Bonchev–Trinajstić information content (AvgIpc) is 2.92. The summed E-state index contributed by atoms with van der Waals surface area (Å²) in [5.41, 5.74) is 1.21. The van der Waals surface area contributed by atoms with Crippen LogP contribution in [-0.2, 0) is 4.74 Å². The number of benzene rings is 1. The molecule has 1 aliphatic heterocycles. The van der Waals surface area contributed by atoms with Crippen LogP contribution < -0.4 is 10.1 Å². The molecule has 0 saturated carbocycles. The molecule has 19 heavy (non-hydrogen) atoms. The maximum Gasteiger partial charge on any atom is 0.137 e. The molecular weight excluding hydrogens is 262 g/mol. The van der Waals surface area contributed by atoms with Crippen LogP contribution in [0.4, 0.5) is 0 Å². The van der Waals surface area contributed by atoms with E-state index in [4.69, 9.17) is 21.1 Å². The van der Waals surface area contributed by atoms with Crippen molar-refractivity contribution in [1.29, 1.82) is 0 Å². The summed E-state index contributed by atoms with van der Waals surface area (Å²) in [6.45, 7) is 3.95. The van der Waals surface area contributed by atoms with Crippen LogP contribution in [0.5, 0.6) is 5.75 Å². The lowest BCUT2D eigenvalue weighted by Gasteiger charge is -2.22. The first-order valence-electron chi connectivity index (χ1n) is 6.93. The zero-order valence-electron chi connectivity index (χ0n) is 11.6. The van der Waals surface area contributed by atoms with Crippen LogP contribution >= 0.6 is 11.6 Å². The van der Waals surface area contributed by atoms with E-state index in [1.54, 1.807) is 7.11 Å². The molecule has 2 unspecified atom stereocenters. The van der Waals surface area contributed by atoms with Gasteiger partial charge in [0.15, 0.2) is 0 Å². The van der Waals surface area contributed by atoms with E-state index < -0.39 is 0 Å². The fraction of sp³-hybridized carbons (Fsp3) is 0.600. The third-order valence-corrected chi connectivity index (χ3v) is 3.86. The van der Waals surface area contributed by atoms with Gasteiger partial charge in [-0.2, -0.15) is 0 Å². The van der Waals surface area contributed by atoms with Gasteiger partial charge in [0.2, 0.25) is 0 Å². The molecule has 1 aromatic carbocycles. The van der Waals surface area contributed by atoms with E-state index in [0.717, 1.165) is 31.7 Å². The fourth-order valence-corrected chi connectivity index (χ4v) is 2.76. The van der Waals surface area contributed by atoms with Gasteiger partial charge in [0.1, 0.15) is 5.75 Å². The Balaban J connectivity index is 2.12. The zero-order chi connectivity index (χ0) is 13.7. The summed E-state index contributed by atoms with van der Waals surface area (Å²) >= 11 is 6.08. The molecule has 0 radical (unpaired) electrons. The van der Waals surface area contributed by atoms with E-state index >= 15 is 0 Å². The number of hydrogen-bond acceptors (Lipinski definition) is 3. The number of hydrogen-bond donors (Lipinski definition) is 1. The third kappa shape index (κ3) is 3.85. The van der Waals surface area contributed by atoms with Crippen molar-refractivity contribution in [2.75, 3.05) is 20.3 Å². The monoisotopic (exact) mass is 283 g/mol. The molecule has 1 heterocycles. The number of methoxy groups -OCH3 is 1. The van der Waals surface area contributed by atoms with Gasteiger partial charge in [0.25, 0.3) is 0 Å². The van der Waals surface area contributed by atoms with Crippen LogP contribution in [0.1, 0.15) is 37.8 Å². The Labute approximate surface area is 120 Å². The second kappa shape index (κ2) is 7.13. The van der Waals surface area contributed by atoms with Gasteiger partial charge in [-0.15, -0.1) is 0 Å². The topological polar surface area (TPSA) is 30.5 Å². The molecule has 2 rings (SSSR count). The smallest absolute Gasteiger partial charge is 0.137 e. The van der Waals surface area contributed by atoms with Crippen LogP contribution in [0, 0.1) is 0 Å². The molecule has 1 saturated heterocycles. The highest BCUT2D eigenvalue weighted by Gasteiger charge is 2.22. The minimum atomic E-state index is 0.291. The van der Waals surface area contributed by atoms with Gasteiger partial charge in [-0.3, -0.25) is 0 Å². The largest absolute Gasteiger partial charge is 0.495 e. The molecule has 1 N–H and O–H groups in total. The molecule has 3 nitrogen and oxygen atoms in total. The van der Waals surface area contributed by atoms with Gasteiger partial charge >= 0.3 is 0 Å². The fourth-order valence-electron chi connectivity index (χ4n) is 2.57. The predicted octanol–water partition coefficient (Wildman–Crippen LogP) is 3.57. The van der Waals surface area contributed by atoms with Crippen LogP contribution in [0.25, 0.3) is 0 Å². The van der Waals surface area contributed by atoms with E-state index in [1.165, 1.54) is 12.0 Å². The molecule has 0 aliphatic carbocycles. The maximum absolute atomic E-state index is 6.08. The Morgan fingerprint density at radius 1 is 1.53 bits per heavy atom. The number of rotatable bonds is 6. The van der Waals surface area contributed by atoms with Crippen molar-refractivity contribution in [3.05, 3.63) is 28.8 Å². The highest BCUT2D eigenvalue weighted by Crippen LogP contribution is 2.31. The van der Waals surface area contributed by atoms with Gasteiger partial charge in [-0.1, -0.05) is 24.6 Å². The second-order valence-corrected chi connectivity index (χ2v) is 5.28. The first-order chi connectivity index (χ1) is 9.24. The second-order valence-electron chi connectivity index (χ2n) is 4.87. The molecule has 1 aromatic rings. The highest BCUT2D eigenvalue weighted by molar-refractivity contribution is 6.32. The third-order valence-electron chi connectivity index (χ3n) is 3.55. The molecular formula is C15H22ClNO2. The average molecular weight is 284 g/mol. The summed E-state index contributed by atoms with van der Waals surface area (Å²) in [4.78, 5) is 0. The van der Waals surface area contributed by atoms with Gasteiger partial charge in [0.05, 0.1) is 18.2 Å². The minimum absolute atomic E-state index is 0.291. The standard InChI is InChI=1S/C15H22ClNO2/c1-3-17-14(10-12-5-4-8-19-12)11-6-7-13(16)15(9-11)18-2/h6-7,9,12,14,17H,3-5,8,10H2,1-2H3. The Hall–Kier alpha value is -0.770. The summed E-state index contributed by atoms with van der Waals surface area (Å²) in [7, 11) is 1.65. The summed E-state index contributed by atoms with van der Waals surface area (Å²) in [5, 5.41) is 4.17. The van der Waals surface area contributed by atoms with E-state index in [-0.39, 0.29) is 0 Å². The Kier molecular flexibility index (Phi) is 5.49. The van der Waals surface area contributed by atoms with Crippen LogP contribution in [0.3, 0.4) is 0 Å². The van der Waals surface area contributed by atoms with Crippen molar-refractivity contribution >= 4 is 11.6 Å². The van der Waals surface area contributed by atoms with Crippen molar-refractivity contribution in [3.8, 4) is 5.75 Å². The summed E-state index contributed by atoms with van der Waals surface area (Å²) in [5.74, 6) is 0.731. The lowest BCUT2D eigenvalue weighted by atomic mass is 9.99. The minimum Gasteiger partial charge on any atom is -0.495 e. The molecule has 2 atom stereocenters. The van der Waals surface area contributed by atoms with Crippen LogP contribution in [-0.4, -0.2) is 26.4 Å². The van der Waals surface area contributed by atoms with Crippen molar-refractivity contribution in [2.45, 2.75) is 38.3 Å². The highest BCUT2D eigenvalue weighted by atomic mass is 35.5. The quantitative estimate of drug-likeness (QED) is 0.866. The van der Waals surface area contributed by atoms with E-state index in [9.17, 15) is 0 Å². The van der Waals surface area contributed by atoms with E-state index in [0.29, 0.717) is 17.2 Å². The van der Waals surface area contributed by atoms with Crippen molar-refractivity contribution in [1.82, 2.24) is 5.32 Å². The predicted molar refractivity (Wildman–Crippen MR) is 78.0 cm³/mol. The summed E-state index contributed by atoms with van der Waals surface area (Å²) in [6.07, 6.45) is 3.70. The molecule has 0 spiro atoms. The molecule has 1 aliphatic rings. The van der Waals surface area contributed by atoms with Gasteiger partial charge in [-0.05, 0) is 43.5 Å². The molecule has 0 bridgehead atoms. The lowest BCUT2D eigenvalue weighted by Crippen LogP contribution is -2.25. The van der Waals surface area contributed by atoms with E-state index in [1.807, 2.05) is 12.1 Å². The van der Waals surface area contributed by atoms with Crippen molar-refractivity contribution in [3.63, 3.8) is 0 Å². The van der Waals surface area contributed by atoms with Gasteiger partial charge in [0, 0.05) is 12.6 Å². The lowest BCUT2D eigenvalue weighted by molar-refractivity contribution is 0.0947. The van der Waals surface area contributed by atoms with Gasteiger partial charge < -0.3 is 14.8 Å². The zero-order valence-corrected chi connectivity index (χ0v) is 12.4. The number of ether oxygens (including phenoxy) is 2. The molecule has 4 heteroatoms. The molecule has 0 aromatic heterocycles. The van der Waals surface area contributed by atoms with E-state index in [2.05, 4.69) is 18.3 Å². The van der Waals surface area contributed by atoms with Crippen LogP contribution in [0.15, 0.2) is 18.2 Å². The number of halogens is 1.